The molecule has 0 aliphatic heterocycles. The summed E-state index contributed by atoms with van der Waals surface area (Å²) in [6.07, 6.45) is -8.74. The monoisotopic (exact) mass is 333 g/mol. The maximum atomic E-state index is 12.8. The number of hydrogen-bond donors (Lipinski definition) is 0. The number of carbonyl (C=O) groups is 2. The zero-order chi connectivity index (χ0) is 17.5. The predicted octanol–water partition coefficient (Wildman–Crippen LogP) is 2.79. The molecule has 1 amide bonds. The summed E-state index contributed by atoms with van der Waals surface area (Å²) < 4.78 is 46.9. The van der Waals surface area contributed by atoms with Crippen LogP contribution in [0.4, 0.5) is 18.0 Å². The van der Waals surface area contributed by atoms with Gasteiger partial charge in [-0.05, 0) is 18.9 Å². The highest BCUT2D eigenvalue weighted by Crippen LogP contribution is 2.24. The Morgan fingerprint density at radius 2 is 1.83 bits per heavy atom. The molecule has 128 valence electrons. The first-order chi connectivity index (χ1) is 10.8. The number of likely N-dealkylation sites (N-methyl/N-ethyl adjacent to an activating group) is 1. The van der Waals surface area contributed by atoms with E-state index in [9.17, 15) is 22.8 Å². The molecule has 1 rings (SSSR count). The van der Waals surface area contributed by atoms with Crippen LogP contribution >= 0.6 is 0 Å². The molecule has 0 aliphatic carbocycles. The van der Waals surface area contributed by atoms with E-state index in [2.05, 4.69) is 9.47 Å². The second-order valence-corrected chi connectivity index (χ2v) is 4.71. The number of ether oxygens (including phenoxy) is 2. The average Bonchev–Trinajstić information content (AvgIpc) is 2.50. The molecule has 8 heteroatoms. The van der Waals surface area contributed by atoms with E-state index in [0.717, 1.165) is 10.5 Å². The van der Waals surface area contributed by atoms with E-state index in [-0.39, 0.29) is 13.2 Å². The lowest BCUT2D eigenvalue weighted by Gasteiger charge is -2.23. The standard InChI is InChI=1S/C15H18F3NO4/c1-3-22-13(20)12(15(16,17)18)23-14(21)19(2)10-9-11-7-5-4-6-8-11/h4-8,12H,3,9-10H2,1-2H3. The van der Waals surface area contributed by atoms with E-state index < -0.39 is 24.3 Å². The molecule has 1 aromatic rings. The van der Waals surface area contributed by atoms with Gasteiger partial charge in [0.15, 0.2) is 0 Å². The van der Waals surface area contributed by atoms with Crippen LogP contribution in [-0.2, 0) is 20.7 Å². The molecular formula is C15H18F3NO4. The number of amides is 1. The summed E-state index contributed by atoms with van der Waals surface area (Å²) in [6.45, 7) is 1.27. The number of esters is 1. The molecule has 0 bridgehead atoms. The zero-order valence-electron chi connectivity index (χ0n) is 12.8. The molecule has 0 saturated heterocycles. The SMILES string of the molecule is CCOC(=O)C(OC(=O)N(C)CCc1ccccc1)C(F)(F)F. The van der Waals surface area contributed by atoms with Crippen LogP contribution in [0.15, 0.2) is 30.3 Å². The second-order valence-electron chi connectivity index (χ2n) is 4.71. The fraction of sp³-hybridized carbons (Fsp3) is 0.467. The molecule has 1 aromatic carbocycles. The summed E-state index contributed by atoms with van der Waals surface area (Å²) in [5, 5.41) is 0. The van der Waals surface area contributed by atoms with Crippen molar-refractivity contribution >= 4 is 12.1 Å². The summed E-state index contributed by atoms with van der Waals surface area (Å²) >= 11 is 0. The Morgan fingerprint density at radius 1 is 1.22 bits per heavy atom. The van der Waals surface area contributed by atoms with Crippen molar-refractivity contribution in [3.05, 3.63) is 35.9 Å². The van der Waals surface area contributed by atoms with Gasteiger partial charge < -0.3 is 14.4 Å². The first kappa shape index (κ1) is 18.8. The van der Waals surface area contributed by atoms with Gasteiger partial charge in [-0.1, -0.05) is 30.3 Å². The van der Waals surface area contributed by atoms with Crippen LogP contribution in [0.25, 0.3) is 0 Å². The minimum atomic E-state index is -5.03. The van der Waals surface area contributed by atoms with Gasteiger partial charge in [-0.25, -0.2) is 9.59 Å². The van der Waals surface area contributed by atoms with Gasteiger partial charge in [0.05, 0.1) is 6.61 Å². The van der Waals surface area contributed by atoms with E-state index in [1.807, 2.05) is 30.3 Å². The average molecular weight is 333 g/mol. The number of hydrogen-bond acceptors (Lipinski definition) is 4. The van der Waals surface area contributed by atoms with Crippen molar-refractivity contribution in [1.82, 2.24) is 4.90 Å². The fourth-order valence-electron chi connectivity index (χ4n) is 1.69. The van der Waals surface area contributed by atoms with Crippen LogP contribution in [0.5, 0.6) is 0 Å². The number of nitrogens with zero attached hydrogens (tertiary/aromatic N) is 1. The lowest BCUT2D eigenvalue weighted by Crippen LogP contribution is -2.44. The number of benzene rings is 1. The number of alkyl halides is 3. The molecule has 0 spiro atoms. The normalized spacial score (nSPS) is 12.4. The molecular weight excluding hydrogens is 315 g/mol. The molecule has 0 heterocycles. The summed E-state index contributed by atoms with van der Waals surface area (Å²) in [7, 11) is 1.30. The van der Waals surface area contributed by atoms with Gasteiger partial charge >= 0.3 is 18.2 Å². The van der Waals surface area contributed by atoms with Crippen molar-refractivity contribution in [2.75, 3.05) is 20.2 Å². The molecule has 0 N–H and O–H groups in total. The molecule has 0 saturated carbocycles. The van der Waals surface area contributed by atoms with Crippen molar-refractivity contribution in [3.8, 4) is 0 Å². The summed E-state index contributed by atoms with van der Waals surface area (Å²) in [6, 6.07) is 9.11. The van der Waals surface area contributed by atoms with Gasteiger partial charge in [0, 0.05) is 13.6 Å². The van der Waals surface area contributed by atoms with Crippen molar-refractivity contribution in [3.63, 3.8) is 0 Å². The second kappa shape index (κ2) is 8.40. The lowest BCUT2D eigenvalue weighted by atomic mass is 10.1. The Morgan fingerprint density at radius 3 is 2.35 bits per heavy atom. The highest BCUT2D eigenvalue weighted by Gasteiger charge is 2.49. The Kier molecular flexibility index (Phi) is 6.87. The Labute approximate surface area is 132 Å². The number of rotatable bonds is 6. The minimum absolute atomic E-state index is 0.149. The van der Waals surface area contributed by atoms with Crippen molar-refractivity contribution in [1.29, 1.82) is 0 Å². The van der Waals surface area contributed by atoms with Crippen molar-refractivity contribution in [2.24, 2.45) is 0 Å². The molecule has 0 radical (unpaired) electrons. The molecule has 1 atom stereocenters. The van der Waals surface area contributed by atoms with Gasteiger partial charge in [-0.15, -0.1) is 0 Å². The quantitative estimate of drug-likeness (QED) is 0.751. The molecule has 5 nitrogen and oxygen atoms in total. The largest absolute Gasteiger partial charge is 0.463 e. The summed E-state index contributed by atoms with van der Waals surface area (Å²) in [5.41, 5.74) is 0.921. The van der Waals surface area contributed by atoms with Gasteiger partial charge in [0.1, 0.15) is 0 Å². The maximum absolute atomic E-state index is 12.8. The van der Waals surface area contributed by atoms with E-state index in [1.165, 1.54) is 14.0 Å². The van der Waals surface area contributed by atoms with Crippen LogP contribution in [0.2, 0.25) is 0 Å². The molecule has 0 aromatic heterocycles. The van der Waals surface area contributed by atoms with Gasteiger partial charge in [0.25, 0.3) is 6.10 Å². The van der Waals surface area contributed by atoms with E-state index in [0.29, 0.717) is 6.42 Å². The first-order valence-electron chi connectivity index (χ1n) is 6.94. The van der Waals surface area contributed by atoms with Crippen LogP contribution < -0.4 is 0 Å². The number of halogens is 3. The lowest BCUT2D eigenvalue weighted by molar-refractivity contribution is -0.218. The van der Waals surface area contributed by atoms with E-state index in [1.54, 1.807) is 0 Å². The first-order valence-corrected chi connectivity index (χ1v) is 6.94. The smallest absolute Gasteiger partial charge is 0.436 e. The topological polar surface area (TPSA) is 55.8 Å². The summed E-state index contributed by atoms with van der Waals surface area (Å²) in [5.74, 6) is -1.63. The van der Waals surface area contributed by atoms with Gasteiger partial charge in [-0.3, -0.25) is 0 Å². The third kappa shape index (κ3) is 6.17. The molecule has 23 heavy (non-hydrogen) atoms. The third-order valence-corrected chi connectivity index (χ3v) is 2.91. The van der Waals surface area contributed by atoms with Crippen LogP contribution in [0, 0.1) is 0 Å². The van der Waals surface area contributed by atoms with Crippen LogP contribution in [0.3, 0.4) is 0 Å². The minimum Gasteiger partial charge on any atom is -0.463 e. The van der Waals surface area contributed by atoms with Crippen LogP contribution in [0.1, 0.15) is 12.5 Å². The fourth-order valence-corrected chi connectivity index (χ4v) is 1.69. The van der Waals surface area contributed by atoms with E-state index >= 15 is 0 Å². The van der Waals surface area contributed by atoms with Crippen LogP contribution in [-0.4, -0.2) is 49.4 Å². The molecule has 0 fully saturated rings. The Balaban J connectivity index is 2.61. The van der Waals surface area contributed by atoms with Crippen molar-refractivity contribution in [2.45, 2.75) is 25.6 Å². The maximum Gasteiger partial charge on any atom is 0.436 e. The van der Waals surface area contributed by atoms with E-state index in [4.69, 9.17) is 0 Å². The Hall–Kier alpha value is -2.25. The summed E-state index contributed by atoms with van der Waals surface area (Å²) in [4.78, 5) is 24.0. The highest BCUT2D eigenvalue weighted by molar-refractivity contribution is 5.79. The Bertz CT molecular complexity index is 519. The number of carbonyl (C=O) groups excluding carboxylic acids is 2. The van der Waals surface area contributed by atoms with Gasteiger partial charge in [0.2, 0.25) is 0 Å². The molecule has 1 unspecified atom stereocenters. The zero-order valence-corrected chi connectivity index (χ0v) is 12.8. The third-order valence-electron chi connectivity index (χ3n) is 2.91. The van der Waals surface area contributed by atoms with Crippen molar-refractivity contribution < 1.29 is 32.2 Å². The molecule has 0 aliphatic rings. The predicted molar refractivity (Wildman–Crippen MR) is 75.7 cm³/mol. The van der Waals surface area contributed by atoms with Gasteiger partial charge in [-0.2, -0.15) is 13.2 Å². The highest BCUT2D eigenvalue weighted by atomic mass is 19.4.